The van der Waals surface area contributed by atoms with E-state index in [1.54, 1.807) is 25.1 Å². The fourth-order valence-electron chi connectivity index (χ4n) is 2.18. The van der Waals surface area contributed by atoms with Crippen molar-refractivity contribution >= 4 is 29.0 Å². The molecule has 0 saturated carbocycles. The van der Waals surface area contributed by atoms with Crippen molar-refractivity contribution in [3.63, 3.8) is 0 Å². The average molecular weight is 341 g/mol. The van der Waals surface area contributed by atoms with E-state index in [4.69, 9.17) is 0 Å². The molecular formula is C18H23N5O2. The Labute approximate surface area is 147 Å². The van der Waals surface area contributed by atoms with Gasteiger partial charge in [0.25, 0.3) is 5.91 Å². The van der Waals surface area contributed by atoms with Gasteiger partial charge in [-0.1, -0.05) is 6.07 Å². The predicted molar refractivity (Wildman–Crippen MR) is 98.0 cm³/mol. The minimum Gasteiger partial charge on any atom is -0.346 e. The maximum atomic E-state index is 12.3. The first-order valence-corrected chi connectivity index (χ1v) is 7.95. The minimum absolute atomic E-state index is 0.142. The summed E-state index contributed by atoms with van der Waals surface area (Å²) < 4.78 is 0. The van der Waals surface area contributed by atoms with Crippen LogP contribution in [0, 0.1) is 6.92 Å². The van der Waals surface area contributed by atoms with E-state index < -0.39 is 0 Å². The monoisotopic (exact) mass is 341 g/mol. The van der Waals surface area contributed by atoms with Crippen molar-refractivity contribution in [2.24, 2.45) is 0 Å². The van der Waals surface area contributed by atoms with E-state index in [1.807, 2.05) is 32.9 Å². The molecule has 2 aromatic rings. The van der Waals surface area contributed by atoms with Gasteiger partial charge in [0.05, 0.1) is 0 Å². The molecule has 2 amide bonds. The molecule has 0 aliphatic heterocycles. The molecule has 0 aliphatic rings. The van der Waals surface area contributed by atoms with Crippen molar-refractivity contribution in [1.82, 2.24) is 15.3 Å². The number of rotatable bonds is 4. The van der Waals surface area contributed by atoms with Gasteiger partial charge in [0.1, 0.15) is 17.3 Å². The quantitative estimate of drug-likeness (QED) is 0.794. The van der Waals surface area contributed by atoms with Crippen LogP contribution in [-0.2, 0) is 4.79 Å². The maximum Gasteiger partial charge on any atom is 0.270 e. The van der Waals surface area contributed by atoms with Gasteiger partial charge in [0, 0.05) is 29.9 Å². The van der Waals surface area contributed by atoms with Crippen molar-refractivity contribution in [2.75, 3.05) is 10.6 Å². The van der Waals surface area contributed by atoms with Gasteiger partial charge in [-0.15, -0.1) is 0 Å². The lowest BCUT2D eigenvalue weighted by atomic mass is 10.1. The zero-order valence-electron chi connectivity index (χ0n) is 15.1. The lowest BCUT2D eigenvalue weighted by Crippen LogP contribution is -2.41. The second-order valence-electron chi connectivity index (χ2n) is 6.78. The van der Waals surface area contributed by atoms with Crippen LogP contribution in [0.3, 0.4) is 0 Å². The van der Waals surface area contributed by atoms with Crippen LogP contribution < -0.4 is 16.0 Å². The molecule has 7 heteroatoms. The number of carbonyl (C=O) groups excluding carboxylic acids is 2. The van der Waals surface area contributed by atoms with E-state index in [1.165, 1.54) is 6.92 Å². The number of aryl methyl sites for hydroxylation is 1. The molecule has 0 aliphatic carbocycles. The van der Waals surface area contributed by atoms with Gasteiger partial charge in [-0.25, -0.2) is 9.97 Å². The molecule has 0 atom stereocenters. The third-order valence-electron chi connectivity index (χ3n) is 3.01. The summed E-state index contributed by atoms with van der Waals surface area (Å²) in [6.07, 6.45) is 0. The SMILES string of the molecule is CC(=O)Nc1cccc(Nc2cc(C(=O)NC(C)(C)C)nc(C)n2)c1. The Morgan fingerprint density at radius 3 is 2.36 bits per heavy atom. The number of hydrogen-bond donors (Lipinski definition) is 3. The molecule has 25 heavy (non-hydrogen) atoms. The number of anilines is 3. The second kappa shape index (κ2) is 7.29. The molecule has 0 bridgehead atoms. The number of hydrogen-bond acceptors (Lipinski definition) is 5. The molecule has 0 saturated heterocycles. The van der Waals surface area contributed by atoms with Crippen LogP contribution in [0.15, 0.2) is 30.3 Å². The summed E-state index contributed by atoms with van der Waals surface area (Å²) in [5.74, 6) is 0.595. The van der Waals surface area contributed by atoms with Gasteiger partial charge in [-0.05, 0) is 45.9 Å². The standard InChI is InChI=1S/C18H23N5O2/c1-11-19-15(17(25)23-18(3,4)5)10-16(20-11)22-14-8-6-7-13(9-14)21-12(2)24/h6-10H,1-5H3,(H,21,24)(H,23,25)(H,19,20,22). The van der Waals surface area contributed by atoms with Crippen molar-refractivity contribution in [2.45, 2.75) is 40.2 Å². The molecule has 2 rings (SSSR count). The molecule has 0 spiro atoms. The van der Waals surface area contributed by atoms with E-state index >= 15 is 0 Å². The molecule has 1 heterocycles. The van der Waals surface area contributed by atoms with Gasteiger partial charge >= 0.3 is 0 Å². The van der Waals surface area contributed by atoms with Crippen molar-refractivity contribution in [3.8, 4) is 0 Å². The first kappa shape index (κ1) is 18.4. The van der Waals surface area contributed by atoms with Crippen molar-refractivity contribution in [1.29, 1.82) is 0 Å². The number of aromatic nitrogens is 2. The Morgan fingerprint density at radius 1 is 1.04 bits per heavy atom. The highest BCUT2D eigenvalue weighted by atomic mass is 16.2. The third kappa shape index (κ3) is 5.87. The average Bonchev–Trinajstić information content (AvgIpc) is 2.44. The van der Waals surface area contributed by atoms with Crippen LogP contribution in [0.5, 0.6) is 0 Å². The first-order chi connectivity index (χ1) is 11.6. The molecule has 0 fully saturated rings. The van der Waals surface area contributed by atoms with Gasteiger partial charge in [-0.3, -0.25) is 9.59 Å². The van der Waals surface area contributed by atoms with Gasteiger partial charge in [0.15, 0.2) is 0 Å². The molecule has 7 nitrogen and oxygen atoms in total. The smallest absolute Gasteiger partial charge is 0.270 e. The summed E-state index contributed by atoms with van der Waals surface area (Å²) in [6.45, 7) is 8.91. The molecular weight excluding hydrogens is 318 g/mol. The fourth-order valence-corrected chi connectivity index (χ4v) is 2.18. The summed E-state index contributed by atoms with van der Waals surface area (Å²) in [4.78, 5) is 32.0. The van der Waals surface area contributed by atoms with Crippen LogP contribution in [-0.4, -0.2) is 27.3 Å². The van der Waals surface area contributed by atoms with E-state index in [2.05, 4.69) is 25.9 Å². The Bertz CT molecular complexity index is 796. The van der Waals surface area contributed by atoms with Gasteiger partial charge in [0.2, 0.25) is 5.91 Å². The van der Waals surface area contributed by atoms with Crippen LogP contribution in [0.1, 0.15) is 44.0 Å². The van der Waals surface area contributed by atoms with Crippen LogP contribution >= 0.6 is 0 Å². The van der Waals surface area contributed by atoms with Crippen LogP contribution in [0.4, 0.5) is 17.2 Å². The minimum atomic E-state index is -0.351. The van der Waals surface area contributed by atoms with E-state index in [0.717, 1.165) is 5.69 Å². The maximum absolute atomic E-state index is 12.3. The molecule has 3 N–H and O–H groups in total. The highest BCUT2D eigenvalue weighted by Crippen LogP contribution is 2.19. The highest BCUT2D eigenvalue weighted by Gasteiger charge is 2.17. The Hall–Kier alpha value is -2.96. The normalized spacial score (nSPS) is 10.9. The fraction of sp³-hybridized carbons (Fsp3) is 0.333. The van der Waals surface area contributed by atoms with Crippen LogP contribution in [0.25, 0.3) is 0 Å². The van der Waals surface area contributed by atoms with E-state index in [9.17, 15) is 9.59 Å². The molecule has 132 valence electrons. The number of carbonyl (C=O) groups is 2. The zero-order chi connectivity index (χ0) is 18.6. The summed E-state index contributed by atoms with van der Waals surface area (Å²) >= 11 is 0. The summed E-state index contributed by atoms with van der Waals surface area (Å²) in [7, 11) is 0. The third-order valence-corrected chi connectivity index (χ3v) is 3.01. The first-order valence-electron chi connectivity index (χ1n) is 7.95. The number of nitrogens with zero attached hydrogens (tertiary/aromatic N) is 2. The Balaban J connectivity index is 2.23. The lowest BCUT2D eigenvalue weighted by Gasteiger charge is -2.20. The highest BCUT2D eigenvalue weighted by molar-refractivity contribution is 5.93. The largest absolute Gasteiger partial charge is 0.346 e. The van der Waals surface area contributed by atoms with E-state index in [0.29, 0.717) is 23.0 Å². The lowest BCUT2D eigenvalue weighted by molar-refractivity contribution is -0.114. The van der Waals surface area contributed by atoms with Crippen LogP contribution in [0.2, 0.25) is 0 Å². The molecule has 0 unspecified atom stereocenters. The molecule has 1 aromatic heterocycles. The molecule has 1 aromatic carbocycles. The van der Waals surface area contributed by atoms with Crippen molar-refractivity contribution in [3.05, 3.63) is 41.9 Å². The van der Waals surface area contributed by atoms with Crippen molar-refractivity contribution < 1.29 is 9.59 Å². The topological polar surface area (TPSA) is 96.0 Å². The van der Waals surface area contributed by atoms with Gasteiger partial charge < -0.3 is 16.0 Å². The Morgan fingerprint density at radius 2 is 1.72 bits per heavy atom. The predicted octanol–water partition coefficient (Wildman–Crippen LogP) is 3.02. The summed E-state index contributed by atoms with van der Waals surface area (Å²) in [6, 6.07) is 8.83. The van der Waals surface area contributed by atoms with E-state index in [-0.39, 0.29) is 17.4 Å². The Kier molecular flexibility index (Phi) is 5.36. The number of nitrogens with one attached hydrogen (secondary N) is 3. The number of benzene rings is 1. The second-order valence-corrected chi connectivity index (χ2v) is 6.78. The zero-order valence-corrected chi connectivity index (χ0v) is 15.1. The van der Waals surface area contributed by atoms with Gasteiger partial charge in [-0.2, -0.15) is 0 Å². The molecule has 0 radical (unpaired) electrons. The summed E-state index contributed by atoms with van der Waals surface area (Å²) in [5, 5.41) is 8.74. The summed E-state index contributed by atoms with van der Waals surface area (Å²) in [5.41, 5.74) is 1.36. The number of amides is 2.